The Morgan fingerprint density at radius 3 is 2.43 bits per heavy atom. The summed E-state index contributed by atoms with van der Waals surface area (Å²) in [4.78, 5) is 4.65. The Balaban J connectivity index is 1.67. The normalized spacial score (nSPS) is 11.5. The van der Waals surface area contributed by atoms with Crippen molar-refractivity contribution in [1.29, 1.82) is 0 Å². The van der Waals surface area contributed by atoms with Crippen molar-refractivity contribution in [3.05, 3.63) is 90.6 Å². The topological polar surface area (TPSA) is 26.0 Å². The van der Waals surface area contributed by atoms with Crippen LogP contribution in [0.3, 0.4) is 0 Å². The molecule has 0 saturated heterocycles. The molecule has 0 amide bonds. The Labute approximate surface area is 164 Å². The SMILES string of the molecule is CC(C)c1cccc(-c2ccnc(-c3cccc4c3oc3ccccc34)c2)c1. The summed E-state index contributed by atoms with van der Waals surface area (Å²) in [6, 6.07) is 27.4. The lowest BCUT2D eigenvalue weighted by Gasteiger charge is -2.09. The molecule has 0 aliphatic heterocycles. The van der Waals surface area contributed by atoms with Gasteiger partial charge in [-0.1, -0.05) is 68.4 Å². The zero-order valence-electron chi connectivity index (χ0n) is 16.0. The van der Waals surface area contributed by atoms with E-state index in [1.165, 1.54) is 16.7 Å². The molecule has 2 heterocycles. The summed E-state index contributed by atoms with van der Waals surface area (Å²) in [7, 11) is 0. The minimum absolute atomic E-state index is 0.505. The lowest BCUT2D eigenvalue weighted by molar-refractivity contribution is 0.670. The van der Waals surface area contributed by atoms with Crippen LogP contribution in [-0.2, 0) is 0 Å². The molecule has 0 aliphatic rings. The first kappa shape index (κ1) is 16.8. The van der Waals surface area contributed by atoms with Gasteiger partial charge in [0.05, 0.1) is 5.69 Å². The van der Waals surface area contributed by atoms with E-state index < -0.39 is 0 Å². The minimum atomic E-state index is 0.505. The number of furan rings is 1. The third kappa shape index (κ3) is 2.78. The Morgan fingerprint density at radius 2 is 1.54 bits per heavy atom. The molecule has 0 fully saturated rings. The zero-order valence-corrected chi connectivity index (χ0v) is 16.0. The Hall–Kier alpha value is -3.39. The molecule has 0 saturated carbocycles. The van der Waals surface area contributed by atoms with Crippen molar-refractivity contribution in [3.8, 4) is 22.4 Å². The molecule has 0 spiro atoms. The average molecular weight is 363 g/mol. The van der Waals surface area contributed by atoms with E-state index in [1.807, 2.05) is 24.4 Å². The van der Waals surface area contributed by atoms with Crippen LogP contribution >= 0.6 is 0 Å². The standard InChI is InChI=1S/C26H21NO/c1-17(2)18-7-5-8-19(15-18)20-13-14-27-24(16-20)23-11-6-10-22-21-9-3-4-12-25(21)28-26(22)23/h3-17H,1-2H3. The van der Waals surface area contributed by atoms with Crippen molar-refractivity contribution in [1.82, 2.24) is 4.98 Å². The highest BCUT2D eigenvalue weighted by atomic mass is 16.3. The number of nitrogens with zero attached hydrogens (tertiary/aromatic N) is 1. The fraction of sp³-hybridized carbons (Fsp3) is 0.115. The monoisotopic (exact) mass is 363 g/mol. The van der Waals surface area contributed by atoms with E-state index in [4.69, 9.17) is 4.42 Å². The van der Waals surface area contributed by atoms with Gasteiger partial charge in [0.15, 0.2) is 0 Å². The van der Waals surface area contributed by atoms with E-state index in [2.05, 4.69) is 79.5 Å². The number of hydrogen-bond acceptors (Lipinski definition) is 2. The summed E-state index contributed by atoms with van der Waals surface area (Å²) in [6.45, 7) is 4.44. The van der Waals surface area contributed by atoms with E-state index in [0.717, 1.165) is 33.2 Å². The lowest BCUT2D eigenvalue weighted by atomic mass is 9.97. The molecule has 5 aromatic rings. The first-order valence-corrected chi connectivity index (χ1v) is 9.68. The second kappa shape index (κ2) is 6.65. The summed E-state index contributed by atoms with van der Waals surface area (Å²) in [5.41, 5.74) is 7.48. The number of benzene rings is 3. The van der Waals surface area contributed by atoms with Gasteiger partial charge in [0.1, 0.15) is 11.2 Å². The van der Waals surface area contributed by atoms with Crippen molar-refractivity contribution in [2.45, 2.75) is 19.8 Å². The van der Waals surface area contributed by atoms with Crippen LogP contribution in [0.25, 0.3) is 44.3 Å². The first-order valence-electron chi connectivity index (χ1n) is 9.68. The van der Waals surface area contributed by atoms with Crippen molar-refractivity contribution < 1.29 is 4.42 Å². The molecule has 136 valence electrons. The van der Waals surface area contributed by atoms with Gasteiger partial charge in [-0.3, -0.25) is 4.98 Å². The first-order chi connectivity index (χ1) is 13.7. The molecule has 3 aromatic carbocycles. The highest BCUT2D eigenvalue weighted by Gasteiger charge is 2.13. The van der Waals surface area contributed by atoms with Crippen LogP contribution < -0.4 is 0 Å². The second-order valence-corrected chi connectivity index (χ2v) is 7.49. The summed E-state index contributed by atoms with van der Waals surface area (Å²) >= 11 is 0. The fourth-order valence-corrected chi connectivity index (χ4v) is 3.78. The minimum Gasteiger partial charge on any atom is -0.455 e. The van der Waals surface area contributed by atoms with E-state index in [-0.39, 0.29) is 0 Å². The Kier molecular flexibility index (Phi) is 3.98. The Bertz CT molecular complexity index is 1300. The maximum absolute atomic E-state index is 6.19. The van der Waals surface area contributed by atoms with E-state index >= 15 is 0 Å². The molecule has 2 aromatic heterocycles. The maximum Gasteiger partial charge on any atom is 0.144 e. The van der Waals surface area contributed by atoms with Gasteiger partial charge in [0, 0.05) is 22.5 Å². The highest BCUT2D eigenvalue weighted by Crippen LogP contribution is 2.36. The van der Waals surface area contributed by atoms with Crippen LogP contribution in [-0.4, -0.2) is 4.98 Å². The summed E-state index contributed by atoms with van der Waals surface area (Å²) in [6.07, 6.45) is 1.88. The molecule has 2 heteroatoms. The number of rotatable bonds is 3. The molecular weight excluding hydrogens is 342 g/mol. The number of hydrogen-bond donors (Lipinski definition) is 0. The van der Waals surface area contributed by atoms with Crippen molar-refractivity contribution >= 4 is 21.9 Å². The third-order valence-corrected chi connectivity index (χ3v) is 5.33. The number of fused-ring (bicyclic) bond motifs is 3. The maximum atomic E-state index is 6.19. The highest BCUT2D eigenvalue weighted by molar-refractivity contribution is 6.09. The number of aromatic nitrogens is 1. The fourth-order valence-electron chi connectivity index (χ4n) is 3.78. The van der Waals surface area contributed by atoms with Gasteiger partial charge in [-0.2, -0.15) is 0 Å². The van der Waals surface area contributed by atoms with Gasteiger partial charge in [-0.25, -0.2) is 0 Å². The van der Waals surface area contributed by atoms with Crippen LogP contribution in [0.2, 0.25) is 0 Å². The molecule has 0 radical (unpaired) electrons. The molecule has 0 N–H and O–H groups in total. The van der Waals surface area contributed by atoms with Gasteiger partial charge in [-0.05, 0) is 46.9 Å². The van der Waals surface area contributed by atoms with Gasteiger partial charge in [0.25, 0.3) is 0 Å². The predicted octanol–water partition coefficient (Wildman–Crippen LogP) is 7.44. The second-order valence-electron chi connectivity index (χ2n) is 7.49. The summed E-state index contributed by atoms with van der Waals surface area (Å²) in [5.74, 6) is 0.505. The lowest BCUT2D eigenvalue weighted by Crippen LogP contribution is -1.89. The molecule has 28 heavy (non-hydrogen) atoms. The van der Waals surface area contributed by atoms with E-state index in [0.29, 0.717) is 5.92 Å². The molecule has 2 nitrogen and oxygen atoms in total. The molecule has 0 unspecified atom stereocenters. The quantitative estimate of drug-likeness (QED) is 0.333. The van der Waals surface area contributed by atoms with Crippen LogP contribution in [0.1, 0.15) is 25.3 Å². The van der Waals surface area contributed by atoms with Crippen LogP contribution in [0, 0.1) is 0 Å². The van der Waals surface area contributed by atoms with E-state index in [1.54, 1.807) is 0 Å². The number of para-hydroxylation sites is 2. The van der Waals surface area contributed by atoms with Crippen molar-refractivity contribution in [2.75, 3.05) is 0 Å². The van der Waals surface area contributed by atoms with Crippen molar-refractivity contribution in [2.24, 2.45) is 0 Å². The van der Waals surface area contributed by atoms with Gasteiger partial charge in [0.2, 0.25) is 0 Å². The predicted molar refractivity (Wildman–Crippen MR) is 116 cm³/mol. The largest absolute Gasteiger partial charge is 0.455 e. The summed E-state index contributed by atoms with van der Waals surface area (Å²) in [5, 5.41) is 2.27. The van der Waals surface area contributed by atoms with Crippen LogP contribution in [0.15, 0.2) is 89.5 Å². The van der Waals surface area contributed by atoms with Crippen LogP contribution in [0.5, 0.6) is 0 Å². The Morgan fingerprint density at radius 1 is 0.750 bits per heavy atom. The van der Waals surface area contributed by atoms with Gasteiger partial charge < -0.3 is 4.42 Å². The van der Waals surface area contributed by atoms with Crippen LogP contribution in [0.4, 0.5) is 0 Å². The molecular formula is C26H21NO. The summed E-state index contributed by atoms with van der Waals surface area (Å²) < 4.78 is 6.19. The average Bonchev–Trinajstić information content (AvgIpc) is 3.13. The van der Waals surface area contributed by atoms with Gasteiger partial charge >= 0.3 is 0 Å². The zero-order chi connectivity index (χ0) is 19.1. The van der Waals surface area contributed by atoms with Gasteiger partial charge in [-0.15, -0.1) is 0 Å². The smallest absolute Gasteiger partial charge is 0.144 e. The molecule has 0 atom stereocenters. The van der Waals surface area contributed by atoms with E-state index in [9.17, 15) is 0 Å². The molecule has 0 aliphatic carbocycles. The van der Waals surface area contributed by atoms with Crippen molar-refractivity contribution in [3.63, 3.8) is 0 Å². The third-order valence-electron chi connectivity index (χ3n) is 5.33. The number of pyridine rings is 1. The molecule has 0 bridgehead atoms. The molecule has 5 rings (SSSR count).